The van der Waals surface area contributed by atoms with Crippen molar-refractivity contribution in [3.05, 3.63) is 29.8 Å². The molecular weight excluding hydrogens is 204 g/mol. The average molecular weight is 222 g/mol. The van der Waals surface area contributed by atoms with Crippen molar-refractivity contribution in [2.24, 2.45) is 0 Å². The fourth-order valence-corrected chi connectivity index (χ4v) is 1.24. The summed E-state index contributed by atoms with van der Waals surface area (Å²) in [6, 6.07) is 7.05. The van der Waals surface area contributed by atoms with Gasteiger partial charge >= 0.3 is 6.03 Å². The predicted molar refractivity (Wildman–Crippen MR) is 64.4 cm³/mol. The number of amides is 2. The van der Waals surface area contributed by atoms with Crippen molar-refractivity contribution in [2.75, 3.05) is 18.9 Å². The van der Waals surface area contributed by atoms with E-state index in [0.29, 0.717) is 12.2 Å². The van der Waals surface area contributed by atoms with Crippen LogP contribution in [0.25, 0.3) is 0 Å². The molecular formula is C12H18N2O2. The molecule has 0 aliphatic rings. The molecule has 0 spiro atoms. The van der Waals surface area contributed by atoms with Gasteiger partial charge in [0, 0.05) is 19.3 Å². The Labute approximate surface area is 95.9 Å². The number of rotatable bonds is 3. The first kappa shape index (κ1) is 12.5. The van der Waals surface area contributed by atoms with Crippen LogP contribution >= 0.6 is 0 Å². The molecule has 1 unspecified atom stereocenters. The maximum absolute atomic E-state index is 11.6. The van der Waals surface area contributed by atoms with Crippen molar-refractivity contribution >= 4 is 11.7 Å². The van der Waals surface area contributed by atoms with Gasteiger partial charge in [0.05, 0.1) is 6.10 Å². The van der Waals surface area contributed by atoms with Crippen molar-refractivity contribution in [2.45, 2.75) is 20.0 Å². The summed E-state index contributed by atoms with van der Waals surface area (Å²) in [5.74, 6) is 0. The largest absolute Gasteiger partial charge is 0.389 e. The SMILES string of the molecule is CCN(C)C(=O)Nc1cccc(C(C)O)c1. The standard InChI is InChI=1S/C12H18N2O2/c1-4-14(3)12(16)13-11-7-5-6-10(8-11)9(2)15/h5-9,15H,4H2,1-3H3,(H,13,16). The van der Waals surface area contributed by atoms with Gasteiger partial charge in [0.15, 0.2) is 0 Å². The van der Waals surface area contributed by atoms with E-state index in [-0.39, 0.29) is 6.03 Å². The molecule has 0 fully saturated rings. The van der Waals surface area contributed by atoms with Crippen molar-refractivity contribution in [1.29, 1.82) is 0 Å². The summed E-state index contributed by atoms with van der Waals surface area (Å²) >= 11 is 0. The van der Waals surface area contributed by atoms with Crippen molar-refractivity contribution < 1.29 is 9.90 Å². The number of aliphatic hydroxyl groups excluding tert-OH is 1. The molecule has 2 N–H and O–H groups in total. The Hall–Kier alpha value is -1.55. The van der Waals surface area contributed by atoms with Crippen LogP contribution in [0.3, 0.4) is 0 Å². The van der Waals surface area contributed by atoms with Crippen LogP contribution in [-0.4, -0.2) is 29.6 Å². The molecule has 0 aromatic heterocycles. The first-order valence-corrected chi connectivity index (χ1v) is 5.34. The van der Waals surface area contributed by atoms with Gasteiger partial charge in [0.25, 0.3) is 0 Å². The van der Waals surface area contributed by atoms with Crippen LogP contribution in [0.15, 0.2) is 24.3 Å². The van der Waals surface area contributed by atoms with E-state index in [1.165, 1.54) is 0 Å². The highest BCUT2D eigenvalue weighted by molar-refractivity contribution is 5.89. The molecule has 0 saturated carbocycles. The third kappa shape index (κ3) is 3.24. The summed E-state index contributed by atoms with van der Waals surface area (Å²) in [5, 5.41) is 12.2. The van der Waals surface area contributed by atoms with Gasteiger partial charge in [-0.05, 0) is 31.5 Å². The second-order valence-corrected chi connectivity index (χ2v) is 3.75. The number of nitrogens with one attached hydrogen (secondary N) is 1. The van der Waals surface area contributed by atoms with E-state index in [1.54, 1.807) is 31.0 Å². The van der Waals surface area contributed by atoms with Gasteiger partial charge in [-0.1, -0.05) is 12.1 Å². The Bertz CT molecular complexity index is 364. The van der Waals surface area contributed by atoms with Crippen molar-refractivity contribution in [3.8, 4) is 0 Å². The molecule has 0 aliphatic carbocycles. The average Bonchev–Trinajstić information content (AvgIpc) is 2.28. The molecule has 0 heterocycles. The van der Waals surface area contributed by atoms with Gasteiger partial charge in [-0.15, -0.1) is 0 Å². The zero-order chi connectivity index (χ0) is 12.1. The van der Waals surface area contributed by atoms with Crippen LogP contribution < -0.4 is 5.32 Å². The van der Waals surface area contributed by atoms with Crippen molar-refractivity contribution in [3.63, 3.8) is 0 Å². The normalized spacial score (nSPS) is 12.0. The molecule has 4 heteroatoms. The van der Waals surface area contributed by atoms with Gasteiger partial charge in [-0.2, -0.15) is 0 Å². The molecule has 1 rings (SSSR count). The zero-order valence-electron chi connectivity index (χ0n) is 9.90. The van der Waals surface area contributed by atoms with Gasteiger partial charge in [0.1, 0.15) is 0 Å². The first-order valence-electron chi connectivity index (χ1n) is 5.34. The van der Waals surface area contributed by atoms with E-state index in [2.05, 4.69) is 5.32 Å². The second-order valence-electron chi connectivity index (χ2n) is 3.75. The van der Waals surface area contributed by atoms with E-state index in [9.17, 15) is 9.90 Å². The van der Waals surface area contributed by atoms with Crippen LogP contribution in [0.1, 0.15) is 25.5 Å². The topological polar surface area (TPSA) is 52.6 Å². The number of urea groups is 1. The highest BCUT2D eigenvalue weighted by Gasteiger charge is 2.07. The lowest BCUT2D eigenvalue weighted by Gasteiger charge is -2.16. The second kappa shape index (κ2) is 5.51. The van der Waals surface area contributed by atoms with Gasteiger partial charge in [-0.3, -0.25) is 0 Å². The third-order valence-electron chi connectivity index (χ3n) is 2.44. The van der Waals surface area contributed by atoms with Crippen LogP contribution in [0.5, 0.6) is 0 Å². The fourth-order valence-electron chi connectivity index (χ4n) is 1.24. The summed E-state index contributed by atoms with van der Waals surface area (Å²) < 4.78 is 0. The predicted octanol–water partition coefficient (Wildman–Crippen LogP) is 2.22. The van der Waals surface area contributed by atoms with Gasteiger partial charge < -0.3 is 15.3 Å². The molecule has 88 valence electrons. The number of carbonyl (C=O) groups excluding carboxylic acids is 1. The van der Waals surface area contributed by atoms with Crippen LogP contribution in [0.4, 0.5) is 10.5 Å². The number of aliphatic hydroxyl groups is 1. The fraction of sp³-hybridized carbons (Fsp3) is 0.417. The monoisotopic (exact) mass is 222 g/mol. The molecule has 1 aromatic carbocycles. The quantitative estimate of drug-likeness (QED) is 0.824. The Morgan fingerprint density at radius 3 is 2.81 bits per heavy atom. The molecule has 2 amide bonds. The number of carbonyl (C=O) groups is 1. The smallest absolute Gasteiger partial charge is 0.321 e. The first-order chi connectivity index (χ1) is 7.54. The summed E-state index contributed by atoms with van der Waals surface area (Å²) in [6.45, 7) is 4.26. The molecule has 4 nitrogen and oxygen atoms in total. The van der Waals surface area contributed by atoms with Crippen LogP contribution in [0.2, 0.25) is 0 Å². The molecule has 1 aromatic rings. The number of nitrogens with zero attached hydrogens (tertiary/aromatic N) is 1. The third-order valence-corrected chi connectivity index (χ3v) is 2.44. The van der Waals surface area contributed by atoms with Gasteiger partial charge in [-0.25, -0.2) is 4.79 Å². The molecule has 0 aliphatic heterocycles. The summed E-state index contributed by atoms with van der Waals surface area (Å²) in [6.07, 6.45) is -0.527. The Morgan fingerprint density at radius 2 is 2.25 bits per heavy atom. The van der Waals surface area contributed by atoms with E-state index in [0.717, 1.165) is 5.56 Å². The number of hydrogen-bond donors (Lipinski definition) is 2. The minimum atomic E-state index is -0.527. The minimum Gasteiger partial charge on any atom is -0.389 e. The number of hydrogen-bond acceptors (Lipinski definition) is 2. The highest BCUT2D eigenvalue weighted by atomic mass is 16.3. The number of benzene rings is 1. The van der Waals surface area contributed by atoms with Crippen LogP contribution in [0, 0.1) is 0 Å². The van der Waals surface area contributed by atoms with E-state index in [4.69, 9.17) is 0 Å². The molecule has 0 saturated heterocycles. The minimum absolute atomic E-state index is 0.148. The summed E-state index contributed by atoms with van der Waals surface area (Å²) in [4.78, 5) is 13.2. The lowest BCUT2D eigenvalue weighted by atomic mass is 10.1. The van der Waals surface area contributed by atoms with E-state index in [1.807, 2.05) is 19.1 Å². The lowest BCUT2D eigenvalue weighted by molar-refractivity contribution is 0.199. The zero-order valence-corrected chi connectivity index (χ0v) is 9.90. The van der Waals surface area contributed by atoms with E-state index >= 15 is 0 Å². The number of anilines is 1. The Kier molecular flexibility index (Phi) is 4.31. The molecule has 1 atom stereocenters. The summed E-state index contributed by atoms with van der Waals surface area (Å²) in [5.41, 5.74) is 1.49. The Morgan fingerprint density at radius 1 is 1.56 bits per heavy atom. The highest BCUT2D eigenvalue weighted by Crippen LogP contribution is 2.17. The molecule has 0 bridgehead atoms. The molecule has 0 radical (unpaired) electrons. The van der Waals surface area contributed by atoms with E-state index < -0.39 is 6.10 Å². The summed E-state index contributed by atoms with van der Waals surface area (Å²) in [7, 11) is 1.73. The molecule has 16 heavy (non-hydrogen) atoms. The van der Waals surface area contributed by atoms with Crippen LogP contribution in [-0.2, 0) is 0 Å². The van der Waals surface area contributed by atoms with Crippen molar-refractivity contribution in [1.82, 2.24) is 4.90 Å². The maximum atomic E-state index is 11.6. The lowest BCUT2D eigenvalue weighted by Crippen LogP contribution is -2.30. The van der Waals surface area contributed by atoms with Gasteiger partial charge in [0.2, 0.25) is 0 Å². The Balaban J connectivity index is 2.74. The maximum Gasteiger partial charge on any atom is 0.321 e.